The zero-order chi connectivity index (χ0) is 19.5. The average molecular weight is 333 g/mol. The number of para-hydroxylation sites is 1. The lowest BCUT2D eigenvalue weighted by atomic mass is 10.3. The van der Waals surface area contributed by atoms with E-state index >= 15 is 0 Å². The average Bonchev–Trinajstić information content (AvgIpc) is 2.47. The van der Waals surface area contributed by atoms with Crippen LogP contribution in [0.4, 0.5) is 0 Å². The number of allylic oxidation sites excluding steroid dienone is 1. The van der Waals surface area contributed by atoms with Crippen LogP contribution >= 0.6 is 0 Å². The molecule has 1 aromatic rings. The molecule has 0 aliphatic heterocycles. The van der Waals surface area contributed by atoms with E-state index in [2.05, 4.69) is 11.3 Å². The van der Waals surface area contributed by atoms with Crippen LogP contribution in [0.5, 0.6) is 5.75 Å². The molecule has 0 spiro atoms. The third-order valence-corrected chi connectivity index (χ3v) is 1.33. The minimum absolute atomic E-state index is 0.167. The zero-order valence-corrected chi connectivity index (χ0v) is 14.7. The van der Waals surface area contributed by atoms with Crippen molar-refractivity contribution in [3.8, 4) is 11.8 Å². The number of carbonyl (C=O) groups is 4. The van der Waals surface area contributed by atoms with Crippen LogP contribution in [0, 0.1) is 11.3 Å². The van der Waals surface area contributed by atoms with Crippen LogP contribution in [0.25, 0.3) is 0 Å². The molecule has 0 aromatic heterocycles. The van der Waals surface area contributed by atoms with Crippen molar-refractivity contribution in [1.82, 2.24) is 0 Å². The summed E-state index contributed by atoms with van der Waals surface area (Å²) in [5, 5.41) is 7.51. The molecule has 0 aliphatic rings. The molecule has 0 atom stereocenters. The minimum atomic E-state index is -0.832. The van der Waals surface area contributed by atoms with Crippen molar-refractivity contribution in [2.45, 2.75) is 34.6 Å². The summed E-state index contributed by atoms with van der Waals surface area (Å²) in [6.07, 6.45) is 1.18. The fourth-order valence-electron chi connectivity index (χ4n) is 0.667. The molecule has 0 fully saturated rings. The minimum Gasteiger partial charge on any atom is -0.421 e. The Hall–Kier alpha value is -3.07. The van der Waals surface area contributed by atoms with Crippen LogP contribution in [-0.4, -0.2) is 23.3 Å². The highest BCUT2D eigenvalue weighted by Gasteiger charge is 2.08. The Kier molecular flexibility index (Phi) is 19.4. The van der Waals surface area contributed by atoms with Gasteiger partial charge in [0.2, 0.25) is 5.78 Å². The normalized spacial score (nSPS) is 7.33. The first-order chi connectivity index (χ1) is 11.1. The van der Waals surface area contributed by atoms with Crippen molar-refractivity contribution in [1.29, 1.82) is 5.26 Å². The molecule has 24 heavy (non-hydrogen) atoms. The maximum absolute atomic E-state index is 10.7. The van der Waals surface area contributed by atoms with Gasteiger partial charge in [-0.25, -0.2) is 4.79 Å². The van der Waals surface area contributed by atoms with Gasteiger partial charge in [0.25, 0.3) is 0 Å². The fourth-order valence-corrected chi connectivity index (χ4v) is 0.667. The number of benzene rings is 1. The summed E-state index contributed by atoms with van der Waals surface area (Å²) in [4.78, 5) is 40.1. The Morgan fingerprint density at radius 2 is 1.29 bits per heavy atom. The summed E-state index contributed by atoms with van der Waals surface area (Å²) in [6, 6.07) is 10.2. The summed E-state index contributed by atoms with van der Waals surface area (Å²) in [6.45, 7) is 10.4. The lowest BCUT2D eigenvalue weighted by Gasteiger charge is -1.99. The molecule has 0 saturated carbocycles. The molecule has 130 valence electrons. The number of ketones is 3. The van der Waals surface area contributed by atoms with Crippen LogP contribution < -0.4 is 4.74 Å². The molecule has 0 unspecified atom stereocenters. The zero-order valence-electron chi connectivity index (χ0n) is 14.7. The van der Waals surface area contributed by atoms with E-state index in [0.717, 1.165) is 0 Å². The number of carbonyl (C=O) groups excluding carboxylic acids is 4. The number of nitrogens with zero attached hydrogens (tertiary/aromatic N) is 1. The molecule has 0 aliphatic carbocycles. The van der Waals surface area contributed by atoms with E-state index in [-0.39, 0.29) is 11.6 Å². The second kappa shape index (κ2) is 18.0. The van der Waals surface area contributed by atoms with Gasteiger partial charge >= 0.3 is 5.97 Å². The second-order valence-corrected chi connectivity index (χ2v) is 4.41. The summed E-state index contributed by atoms with van der Waals surface area (Å²) >= 11 is 0. The largest absolute Gasteiger partial charge is 0.421 e. The molecule has 1 rings (SSSR count). The van der Waals surface area contributed by atoms with E-state index < -0.39 is 11.8 Å². The molecular formula is C18H23NO5. The van der Waals surface area contributed by atoms with E-state index in [1.807, 2.05) is 0 Å². The Labute approximate surface area is 142 Å². The highest BCUT2D eigenvalue weighted by atomic mass is 16.5. The first kappa shape index (κ1) is 25.9. The molecule has 0 saturated heterocycles. The number of Topliss-reactive ketones (excluding diaryl/α,β-unsaturated/α-hetero) is 3. The number of rotatable bonds is 2. The predicted octanol–water partition coefficient (Wildman–Crippen LogP) is 3.07. The standard InChI is InChI=1S/C9H8O3.C3H3N.2C3H6O/c1-7(10)9(11)12-8-5-3-2-4-6-8;1-2-3-4;2*1-3(2)4/h2-6H,1H3;2H,1H2;2*1-2H3. The van der Waals surface area contributed by atoms with Gasteiger partial charge in [0.15, 0.2) is 0 Å². The van der Waals surface area contributed by atoms with E-state index in [1.165, 1.54) is 40.7 Å². The number of nitriles is 1. The highest BCUT2D eigenvalue weighted by molar-refractivity contribution is 6.33. The van der Waals surface area contributed by atoms with Crippen molar-refractivity contribution < 1.29 is 23.9 Å². The summed E-state index contributed by atoms with van der Waals surface area (Å²) in [5.41, 5.74) is 0. The van der Waals surface area contributed by atoms with Gasteiger partial charge in [0.05, 0.1) is 6.07 Å². The Morgan fingerprint density at radius 1 is 0.958 bits per heavy atom. The van der Waals surface area contributed by atoms with Crippen LogP contribution in [0.2, 0.25) is 0 Å². The SMILES string of the molecule is C=CC#N.CC(=O)C(=O)Oc1ccccc1.CC(C)=O.CC(C)=O. The molecule has 0 N–H and O–H groups in total. The van der Waals surface area contributed by atoms with Crippen molar-refractivity contribution in [3.05, 3.63) is 43.0 Å². The number of ether oxygens (including phenoxy) is 1. The van der Waals surface area contributed by atoms with Gasteiger partial charge in [-0.2, -0.15) is 5.26 Å². The number of hydrogen-bond acceptors (Lipinski definition) is 6. The van der Waals surface area contributed by atoms with E-state index in [9.17, 15) is 19.2 Å². The highest BCUT2D eigenvalue weighted by Crippen LogP contribution is 2.08. The van der Waals surface area contributed by atoms with E-state index in [0.29, 0.717) is 5.75 Å². The molecule has 0 bridgehead atoms. The van der Waals surface area contributed by atoms with Gasteiger partial charge in [-0.1, -0.05) is 24.8 Å². The molecule has 6 heteroatoms. The van der Waals surface area contributed by atoms with Crippen LogP contribution in [0.3, 0.4) is 0 Å². The van der Waals surface area contributed by atoms with Gasteiger partial charge in [-0.05, 0) is 39.8 Å². The van der Waals surface area contributed by atoms with Gasteiger partial charge in [-0.3, -0.25) is 4.79 Å². The van der Waals surface area contributed by atoms with Gasteiger partial charge < -0.3 is 14.3 Å². The smallest absolute Gasteiger partial charge is 0.379 e. The quantitative estimate of drug-likeness (QED) is 0.357. The Bertz CT molecular complexity index is 551. The topological polar surface area (TPSA) is 101 Å². The van der Waals surface area contributed by atoms with E-state index in [4.69, 9.17) is 5.26 Å². The third kappa shape index (κ3) is 31.4. The Balaban J connectivity index is -0.000000304. The Morgan fingerprint density at radius 3 is 1.54 bits per heavy atom. The molecule has 0 amide bonds. The maximum atomic E-state index is 10.7. The lowest BCUT2D eigenvalue weighted by molar-refractivity contribution is -0.146. The van der Waals surface area contributed by atoms with Crippen molar-refractivity contribution >= 4 is 23.3 Å². The maximum Gasteiger partial charge on any atom is 0.379 e. The lowest BCUT2D eigenvalue weighted by Crippen LogP contribution is -2.16. The van der Waals surface area contributed by atoms with Crippen molar-refractivity contribution in [2.75, 3.05) is 0 Å². The molecule has 6 nitrogen and oxygen atoms in total. The monoisotopic (exact) mass is 333 g/mol. The third-order valence-electron chi connectivity index (χ3n) is 1.33. The first-order valence-electron chi connectivity index (χ1n) is 6.81. The molecule has 1 aromatic carbocycles. The van der Waals surface area contributed by atoms with Crippen molar-refractivity contribution in [3.63, 3.8) is 0 Å². The summed E-state index contributed by atoms with van der Waals surface area (Å²) < 4.78 is 4.69. The first-order valence-corrected chi connectivity index (χ1v) is 6.81. The van der Waals surface area contributed by atoms with E-state index in [1.54, 1.807) is 36.4 Å². The van der Waals surface area contributed by atoms with Gasteiger partial charge in [-0.15, -0.1) is 0 Å². The summed E-state index contributed by atoms with van der Waals surface area (Å²) in [5.74, 6) is -0.710. The van der Waals surface area contributed by atoms with Crippen molar-refractivity contribution in [2.24, 2.45) is 0 Å². The van der Waals surface area contributed by atoms with Crippen LogP contribution in [0.1, 0.15) is 34.6 Å². The molecule has 0 radical (unpaired) electrons. The van der Waals surface area contributed by atoms with Gasteiger partial charge in [0.1, 0.15) is 17.3 Å². The molecule has 0 heterocycles. The summed E-state index contributed by atoms with van der Waals surface area (Å²) in [7, 11) is 0. The number of esters is 1. The predicted molar refractivity (Wildman–Crippen MR) is 91.3 cm³/mol. The molecular weight excluding hydrogens is 310 g/mol. The van der Waals surface area contributed by atoms with Crippen LogP contribution in [0.15, 0.2) is 43.0 Å². The van der Waals surface area contributed by atoms with Crippen LogP contribution in [-0.2, 0) is 19.2 Å². The second-order valence-electron chi connectivity index (χ2n) is 4.41. The fraction of sp³-hybridized carbons (Fsp3) is 0.278. The number of hydrogen-bond donors (Lipinski definition) is 0. The van der Waals surface area contributed by atoms with Gasteiger partial charge in [0, 0.05) is 13.0 Å².